The van der Waals surface area contributed by atoms with E-state index in [1.165, 1.54) is 0 Å². The van der Waals surface area contributed by atoms with Crippen molar-refractivity contribution in [3.8, 4) is 0 Å². The molecule has 1 aromatic heterocycles. The van der Waals surface area contributed by atoms with Crippen LogP contribution in [-0.4, -0.2) is 20.2 Å². The molecule has 2 aromatic rings. The minimum Gasteiger partial charge on any atom is -0.379 e. The Morgan fingerprint density at radius 2 is 2.20 bits per heavy atom. The first kappa shape index (κ1) is 15.1. The zero-order chi connectivity index (χ0) is 14.5. The number of hydrogen-bond donors (Lipinski definition) is 1. The molecule has 1 aromatic carbocycles. The predicted molar refractivity (Wildman–Crippen MR) is 84.5 cm³/mol. The smallest absolute Gasteiger partial charge is 0.0575 e. The number of anilines is 1. The summed E-state index contributed by atoms with van der Waals surface area (Å²) >= 11 is 6.11. The summed E-state index contributed by atoms with van der Waals surface area (Å²) in [6.07, 6.45) is 3.48. The van der Waals surface area contributed by atoms with E-state index < -0.39 is 10.8 Å². The van der Waals surface area contributed by atoms with Crippen LogP contribution in [0, 0.1) is 0 Å². The van der Waals surface area contributed by atoms with Crippen molar-refractivity contribution in [3.63, 3.8) is 0 Å². The second-order valence-electron chi connectivity index (χ2n) is 4.52. The Labute approximate surface area is 126 Å². The lowest BCUT2D eigenvalue weighted by atomic mass is 10.2. The summed E-state index contributed by atoms with van der Waals surface area (Å²) in [4.78, 5) is 0. The quantitative estimate of drug-likeness (QED) is 0.892. The highest BCUT2D eigenvalue weighted by Crippen LogP contribution is 2.22. The second kappa shape index (κ2) is 6.90. The number of hydrogen-bond acceptors (Lipinski definition) is 3. The first-order valence-corrected chi connectivity index (χ1v) is 8.53. The standard InChI is InChI=1S/C14H18ClN3OS/c1-3-18-13(6-7-17-18)9-16-12-4-5-14(15)11(8-12)10-20(2)19/h4-8,16H,3,9-10H2,1-2H3. The normalized spacial score (nSPS) is 12.3. The van der Waals surface area contributed by atoms with Crippen molar-refractivity contribution < 1.29 is 4.21 Å². The molecule has 6 heteroatoms. The Kier molecular flexibility index (Phi) is 5.20. The zero-order valence-electron chi connectivity index (χ0n) is 11.6. The summed E-state index contributed by atoms with van der Waals surface area (Å²) in [6.45, 7) is 3.61. The highest BCUT2D eigenvalue weighted by atomic mass is 35.5. The van der Waals surface area contributed by atoms with Gasteiger partial charge in [0.05, 0.1) is 12.2 Å². The summed E-state index contributed by atoms with van der Waals surface area (Å²) in [5, 5.41) is 8.23. The van der Waals surface area contributed by atoms with Crippen molar-refractivity contribution in [2.75, 3.05) is 11.6 Å². The van der Waals surface area contributed by atoms with Gasteiger partial charge in [0.15, 0.2) is 0 Å². The molecule has 1 N–H and O–H groups in total. The fraction of sp³-hybridized carbons (Fsp3) is 0.357. The van der Waals surface area contributed by atoms with Crippen LogP contribution in [0.15, 0.2) is 30.5 Å². The van der Waals surface area contributed by atoms with Gasteiger partial charge in [0.1, 0.15) is 0 Å². The summed E-state index contributed by atoms with van der Waals surface area (Å²) in [5.74, 6) is 0.473. The Bertz CT molecular complexity index is 612. The molecule has 0 saturated heterocycles. The number of nitrogens with one attached hydrogen (secondary N) is 1. The topological polar surface area (TPSA) is 46.9 Å². The maximum Gasteiger partial charge on any atom is 0.0575 e. The van der Waals surface area contributed by atoms with Crippen molar-refractivity contribution in [1.82, 2.24) is 9.78 Å². The van der Waals surface area contributed by atoms with Crippen LogP contribution in [0.25, 0.3) is 0 Å². The maximum atomic E-state index is 11.3. The predicted octanol–water partition coefficient (Wildman–Crippen LogP) is 3.05. The third-order valence-corrected chi connectivity index (χ3v) is 4.07. The monoisotopic (exact) mass is 311 g/mol. The Morgan fingerprint density at radius 3 is 2.90 bits per heavy atom. The van der Waals surface area contributed by atoms with Crippen LogP contribution in [0.2, 0.25) is 5.02 Å². The fourth-order valence-electron chi connectivity index (χ4n) is 2.00. The molecule has 1 atom stereocenters. The lowest BCUT2D eigenvalue weighted by Crippen LogP contribution is -2.08. The van der Waals surface area contributed by atoms with E-state index in [0.717, 1.165) is 23.5 Å². The van der Waals surface area contributed by atoms with Crippen molar-refractivity contribution in [2.24, 2.45) is 0 Å². The Morgan fingerprint density at radius 1 is 1.40 bits per heavy atom. The molecule has 0 fully saturated rings. The third-order valence-electron chi connectivity index (χ3n) is 2.98. The second-order valence-corrected chi connectivity index (χ2v) is 6.36. The number of halogens is 1. The van der Waals surface area contributed by atoms with Crippen LogP contribution in [-0.2, 0) is 29.6 Å². The van der Waals surface area contributed by atoms with Crippen molar-refractivity contribution in [3.05, 3.63) is 46.7 Å². The summed E-state index contributed by atoms with van der Waals surface area (Å²) in [6, 6.07) is 7.71. The first-order chi connectivity index (χ1) is 9.60. The average molecular weight is 312 g/mol. The molecule has 4 nitrogen and oxygen atoms in total. The molecule has 20 heavy (non-hydrogen) atoms. The van der Waals surface area contributed by atoms with Gasteiger partial charge in [-0.1, -0.05) is 11.6 Å². The molecule has 0 aliphatic heterocycles. The molecule has 0 aliphatic carbocycles. The van der Waals surface area contributed by atoms with Gasteiger partial charge in [0, 0.05) is 46.3 Å². The van der Waals surface area contributed by atoms with Crippen LogP contribution in [0.1, 0.15) is 18.2 Å². The van der Waals surface area contributed by atoms with Crippen LogP contribution >= 0.6 is 11.6 Å². The lowest BCUT2D eigenvalue weighted by Gasteiger charge is -2.10. The van der Waals surface area contributed by atoms with Gasteiger partial charge >= 0.3 is 0 Å². The SMILES string of the molecule is CCn1nccc1CNc1ccc(Cl)c(CS(C)=O)c1. The number of nitrogens with zero attached hydrogens (tertiary/aromatic N) is 2. The summed E-state index contributed by atoms with van der Waals surface area (Å²) in [5.41, 5.74) is 3.00. The van der Waals surface area contributed by atoms with Gasteiger partial charge in [0.2, 0.25) is 0 Å². The van der Waals surface area contributed by atoms with Crippen LogP contribution in [0.5, 0.6) is 0 Å². The molecule has 0 bridgehead atoms. The minimum absolute atomic E-state index is 0.473. The molecule has 1 unspecified atom stereocenters. The molecular weight excluding hydrogens is 294 g/mol. The minimum atomic E-state index is -0.900. The molecule has 108 valence electrons. The van der Waals surface area contributed by atoms with E-state index in [4.69, 9.17) is 11.6 Å². The van der Waals surface area contributed by atoms with Crippen LogP contribution in [0.3, 0.4) is 0 Å². The molecule has 2 rings (SSSR count). The number of aryl methyl sites for hydroxylation is 1. The van der Waals surface area contributed by atoms with Gasteiger partial charge in [-0.25, -0.2) is 0 Å². The van der Waals surface area contributed by atoms with Crippen molar-refractivity contribution >= 4 is 28.1 Å². The van der Waals surface area contributed by atoms with Gasteiger partial charge in [-0.3, -0.25) is 8.89 Å². The average Bonchev–Trinajstić information content (AvgIpc) is 2.86. The zero-order valence-corrected chi connectivity index (χ0v) is 13.2. The van der Waals surface area contributed by atoms with Crippen LogP contribution in [0.4, 0.5) is 5.69 Å². The van der Waals surface area contributed by atoms with Gasteiger partial charge in [-0.2, -0.15) is 5.10 Å². The van der Waals surface area contributed by atoms with E-state index in [-0.39, 0.29) is 0 Å². The summed E-state index contributed by atoms with van der Waals surface area (Å²) < 4.78 is 13.3. The van der Waals surface area contributed by atoms with Gasteiger partial charge < -0.3 is 5.32 Å². The van der Waals surface area contributed by atoms with Crippen molar-refractivity contribution in [2.45, 2.75) is 25.8 Å². The molecule has 0 spiro atoms. The Balaban J connectivity index is 2.08. The van der Waals surface area contributed by atoms with Gasteiger partial charge in [0.25, 0.3) is 0 Å². The van der Waals surface area contributed by atoms with E-state index in [1.807, 2.05) is 28.9 Å². The Hall–Kier alpha value is -1.33. The first-order valence-electron chi connectivity index (χ1n) is 6.43. The molecule has 1 heterocycles. The van der Waals surface area contributed by atoms with E-state index >= 15 is 0 Å². The number of rotatable bonds is 6. The van der Waals surface area contributed by atoms with E-state index in [1.54, 1.807) is 12.5 Å². The fourth-order valence-corrected chi connectivity index (χ4v) is 2.94. The molecule has 0 saturated carbocycles. The van der Waals surface area contributed by atoms with Crippen LogP contribution < -0.4 is 5.32 Å². The maximum absolute atomic E-state index is 11.3. The molecular formula is C14H18ClN3OS. The third kappa shape index (κ3) is 3.84. The van der Waals surface area contributed by atoms with E-state index in [2.05, 4.69) is 17.3 Å². The molecule has 0 amide bonds. The van der Waals surface area contributed by atoms with Gasteiger partial charge in [-0.15, -0.1) is 0 Å². The van der Waals surface area contributed by atoms with E-state index in [9.17, 15) is 4.21 Å². The lowest BCUT2D eigenvalue weighted by molar-refractivity contribution is 0.627. The largest absolute Gasteiger partial charge is 0.379 e. The van der Waals surface area contributed by atoms with Crippen molar-refractivity contribution in [1.29, 1.82) is 0 Å². The number of benzene rings is 1. The molecule has 0 radical (unpaired) electrons. The van der Waals surface area contributed by atoms with Gasteiger partial charge in [-0.05, 0) is 36.8 Å². The highest BCUT2D eigenvalue weighted by molar-refractivity contribution is 7.83. The highest BCUT2D eigenvalue weighted by Gasteiger charge is 2.05. The molecule has 0 aliphatic rings. The van der Waals surface area contributed by atoms with E-state index in [0.29, 0.717) is 17.3 Å². The summed E-state index contributed by atoms with van der Waals surface area (Å²) in [7, 11) is -0.900. The number of aromatic nitrogens is 2.